The van der Waals surface area contributed by atoms with Crippen molar-refractivity contribution in [3.63, 3.8) is 0 Å². The first-order valence-electron chi connectivity index (χ1n) is 5.15. The number of carbonyl (C=O) groups excluding carboxylic acids is 1. The summed E-state index contributed by atoms with van der Waals surface area (Å²) in [4.78, 5) is 10.8. The van der Waals surface area contributed by atoms with Gasteiger partial charge in [0.05, 0.1) is 25.1 Å². The summed E-state index contributed by atoms with van der Waals surface area (Å²) >= 11 is 29.9. The van der Waals surface area contributed by atoms with Crippen molar-refractivity contribution >= 4 is 64.3 Å². The first kappa shape index (κ1) is 15.9. The number of halogens is 6. The van der Waals surface area contributed by atoms with Gasteiger partial charge in [-0.15, -0.1) is 0 Å². The summed E-state index contributed by atoms with van der Waals surface area (Å²) in [6.07, 6.45) is 0.573. The quantitative estimate of drug-likeness (QED) is 0.331. The first-order valence-corrected chi connectivity index (χ1v) is 7.04. The van der Waals surface area contributed by atoms with Gasteiger partial charge in [0.2, 0.25) is 0 Å². The van der Waals surface area contributed by atoms with E-state index in [2.05, 4.69) is 0 Å². The van der Waals surface area contributed by atoms with E-state index in [1.54, 1.807) is 0 Å². The van der Waals surface area contributed by atoms with Gasteiger partial charge in [0.25, 0.3) is 0 Å². The lowest BCUT2D eigenvalue weighted by Crippen LogP contribution is -1.92. The van der Waals surface area contributed by atoms with Gasteiger partial charge >= 0.3 is 0 Å². The van der Waals surface area contributed by atoms with Gasteiger partial charge in [-0.3, -0.25) is 4.79 Å². The average Bonchev–Trinajstić information content (AvgIpc) is 2.45. The largest absolute Gasteiger partial charge is 0.298 e. The third-order valence-corrected chi connectivity index (χ3v) is 4.88. The second-order valence-electron chi connectivity index (χ2n) is 3.80. The van der Waals surface area contributed by atoms with Gasteiger partial charge in [-0.1, -0.05) is 58.0 Å². The molecule has 0 saturated heterocycles. The van der Waals surface area contributed by atoms with E-state index in [1.165, 1.54) is 12.1 Å². The molecule has 0 atom stereocenters. The Morgan fingerprint density at radius 2 is 1.35 bits per heavy atom. The Morgan fingerprint density at radius 1 is 0.850 bits per heavy atom. The van der Waals surface area contributed by atoms with Crippen molar-refractivity contribution < 1.29 is 9.18 Å². The zero-order valence-electron chi connectivity index (χ0n) is 9.49. The van der Waals surface area contributed by atoms with Crippen LogP contribution in [0.1, 0.15) is 10.4 Å². The van der Waals surface area contributed by atoms with Crippen LogP contribution in [0.4, 0.5) is 4.39 Å². The predicted octanol–water partition coefficient (Wildman–Crippen LogP) is 6.57. The van der Waals surface area contributed by atoms with Gasteiger partial charge < -0.3 is 0 Å². The lowest BCUT2D eigenvalue weighted by atomic mass is 10.0. The van der Waals surface area contributed by atoms with Crippen LogP contribution in [-0.2, 0) is 0 Å². The molecular formula is C13H4Cl5FO. The van der Waals surface area contributed by atoms with Crippen molar-refractivity contribution in [3.8, 4) is 11.1 Å². The molecule has 0 saturated carbocycles. The Labute approximate surface area is 139 Å². The number of benzene rings is 2. The SMILES string of the molecule is O=Cc1ccc(F)c(-c2c(Cl)c(Cl)c(Cl)c(Cl)c2Cl)c1. The zero-order valence-corrected chi connectivity index (χ0v) is 13.3. The molecule has 0 unspecified atom stereocenters. The van der Waals surface area contributed by atoms with E-state index >= 15 is 0 Å². The van der Waals surface area contributed by atoms with Crippen LogP contribution in [-0.4, -0.2) is 6.29 Å². The summed E-state index contributed by atoms with van der Waals surface area (Å²) in [6, 6.07) is 3.75. The van der Waals surface area contributed by atoms with Crippen LogP contribution in [0.3, 0.4) is 0 Å². The van der Waals surface area contributed by atoms with Crippen LogP contribution in [0.25, 0.3) is 11.1 Å². The molecule has 0 aliphatic rings. The Kier molecular flexibility index (Phi) is 4.83. The lowest BCUT2D eigenvalue weighted by molar-refractivity contribution is 0.112. The topological polar surface area (TPSA) is 17.1 Å². The van der Waals surface area contributed by atoms with Crippen LogP contribution in [0.5, 0.6) is 0 Å². The van der Waals surface area contributed by atoms with E-state index in [-0.39, 0.29) is 41.8 Å². The van der Waals surface area contributed by atoms with Gasteiger partial charge in [-0.25, -0.2) is 4.39 Å². The molecule has 20 heavy (non-hydrogen) atoms. The van der Waals surface area contributed by atoms with Crippen molar-refractivity contribution in [2.24, 2.45) is 0 Å². The monoisotopic (exact) mass is 370 g/mol. The Hall–Kier alpha value is -0.510. The Morgan fingerprint density at radius 3 is 1.85 bits per heavy atom. The van der Waals surface area contributed by atoms with Crippen LogP contribution in [0.15, 0.2) is 18.2 Å². The summed E-state index contributed by atoms with van der Waals surface area (Å²) in [5, 5.41) is -0.151. The van der Waals surface area contributed by atoms with Crippen molar-refractivity contribution in [1.29, 1.82) is 0 Å². The minimum absolute atomic E-state index is 0.0148. The van der Waals surface area contributed by atoms with Crippen LogP contribution in [0, 0.1) is 5.82 Å². The number of aldehydes is 1. The van der Waals surface area contributed by atoms with Crippen molar-refractivity contribution in [2.75, 3.05) is 0 Å². The summed E-state index contributed by atoms with van der Waals surface area (Å²) in [7, 11) is 0. The highest BCUT2D eigenvalue weighted by Crippen LogP contribution is 2.48. The lowest BCUT2D eigenvalue weighted by Gasteiger charge is -2.13. The molecule has 2 rings (SSSR count). The fraction of sp³-hybridized carbons (Fsp3) is 0. The van der Waals surface area contributed by atoms with Crippen LogP contribution in [0.2, 0.25) is 25.1 Å². The third-order valence-electron chi connectivity index (χ3n) is 2.61. The number of carbonyl (C=O) groups is 1. The normalized spacial score (nSPS) is 10.7. The van der Waals surface area contributed by atoms with Crippen molar-refractivity contribution in [1.82, 2.24) is 0 Å². The second-order valence-corrected chi connectivity index (χ2v) is 5.69. The van der Waals surface area contributed by atoms with E-state index in [0.29, 0.717) is 6.29 Å². The summed E-state index contributed by atoms with van der Waals surface area (Å²) < 4.78 is 14.0. The van der Waals surface area contributed by atoms with Gasteiger partial charge in [-0.2, -0.15) is 0 Å². The van der Waals surface area contributed by atoms with E-state index in [1.807, 2.05) is 0 Å². The third kappa shape index (κ3) is 2.63. The number of rotatable bonds is 2. The highest BCUT2D eigenvalue weighted by atomic mass is 35.5. The van der Waals surface area contributed by atoms with Gasteiger partial charge in [0.15, 0.2) is 0 Å². The maximum absolute atomic E-state index is 14.0. The summed E-state index contributed by atoms with van der Waals surface area (Å²) in [5.74, 6) is -0.617. The van der Waals surface area contributed by atoms with Crippen molar-refractivity contribution in [3.05, 3.63) is 54.7 Å². The molecule has 1 nitrogen and oxygen atoms in total. The highest BCUT2D eigenvalue weighted by molar-refractivity contribution is 6.56. The molecule has 0 amide bonds. The average molecular weight is 372 g/mol. The maximum Gasteiger partial charge on any atom is 0.150 e. The molecule has 2 aromatic rings. The highest BCUT2D eigenvalue weighted by Gasteiger charge is 2.22. The molecule has 104 valence electrons. The molecule has 0 N–H and O–H groups in total. The molecule has 0 bridgehead atoms. The standard InChI is InChI=1S/C13H4Cl5FO/c14-9-8(10(15)12(17)13(18)11(9)16)6-3-5(4-20)1-2-7(6)19/h1-4H. The summed E-state index contributed by atoms with van der Waals surface area (Å²) in [6.45, 7) is 0. The number of hydrogen-bond donors (Lipinski definition) is 0. The molecule has 0 heterocycles. The fourth-order valence-corrected chi connectivity index (χ4v) is 2.99. The van der Waals surface area contributed by atoms with E-state index in [4.69, 9.17) is 58.0 Å². The molecule has 0 fully saturated rings. The molecule has 2 aromatic carbocycles. The van der Waals surface area contributed by atoms with E-state index in [0.717, 1.165) is 6.07 Å². The van der Waals surface area contributed by atoms with Gasteiger partial charge in [0.1, 0.15) is 12.1 Å². The molecule has 0 aliphatic heterocycles. The minimum Gasteiger partial charge on any atom is -0.298 e. The van der Waals surface area contributed by atoms with Gasteiger partial charge in [0, 0.05) is 16.7 Å². The fourth-order valence-electron chi connectivity index (χ4n) is 1.65. The van der Waals surface area contributed by atoms with E-state index in [9.17, 15) is 9.18 Å². The molecule has 0 aliphatic carbocycles. The Bertz CT molecular complexity index is 685. The Balaban J connectivity index is 2.86. The van der Waals surface area contributed by atoms with Gasteiger partial charge in [-0.05, 0) is 18.2 Å². The maximum atomic E-state index is 14.0. The van der Waals surface area contributed by atoms with E-state index < -0.39 is 5.82 Å². The molecule has 0 radical (unpaired) electrons. The smallest absolute Gasteiger partial charge is 0.150 e. The number of hydrogen-bond acceptors (Lipinski definition) is 1. The zero-order chi connectivity index (χ0) is 15.0. The van der Waals surface area contributed by atoms with Crippen LogP contribution < -0.4 is 0 Å². The molecule has 0 spiro atoms. The molecular weight excluding hydrogens is 368 g/mol. The predicted molar refractivity (Wildman–Crippen MR) is 82.3 cm³/mol. The van der Waals surface area contributed by atoms with Crippen LogP contribution >= 0.6 is 58.0 Å². The summed E-state index contributed by atoms with van der Waals surface area (Å²) in [5.41, 5.74) is 0.370. The first-order chi connectivity index (χ1) is 9.38. The molecule has 7 heteroatoms. The minimum atomic E-state index is -0.617. The molecule has 0 aromatic heterocycles. The second kappa shape index (κ2) is 6.08. The van der Waals surface area contributed by atoms with Crippen molar-refractivity contribution in [2.45, 2.75) is 0 Å².